The van der Waals surface area contributed by atoms with E-state index in [4.69, 9.17) is 5.14 Å². The highest BCUT2D eigenvalue weighted by atomic mass is 79.9. The molecule has 0 aliphatic heterocycles. The van der Waals surface area contributed by atoms with Gasteiger partial charge in [0.25, 0.3) is 10.2 Å². The van der Waals surface area contributed by atoms with Gasteiger partial charge in [0.2, 0.25) is 0 Å². The second-order valence-corrected chi connectivity index (χ2v) is 8.22. The highest BCUT2D eigenvalue weighted by Crippen LogP contribution is 2.25. The molecule has 0 unspecified atom stereocenters. The first-order valence-electron chi connectivity index (χ1n) is 6.47. The van der Waals surface area contributed by atoms with Crippen molar-refractivity contribution in [3.8, 4) is 0 Å². The average molecular weight is 471 g/mol. The molecular formula is C11H12BrFN6O3S3. The monoisotopic (exact) mass is 470 g/mol. The molecule has 0 bridgehead atoms. The summed E-state index contributed by atoms with van der Waals surface area (Å²) in [7, 11) is -3.75. The molecule has 0 spiro atoms. The summed E-state index contributed by atoms with van der Waals surface area (Å²) in [6.07, 6.45) is 0. The molecule has 0 atom stereocenters. The number of nitrogens with zero attached hydrogens (tertiary/aromatic N) is 3. The summed E-state index contributed by atoms with van der Waals surface area (Å²) < 4.78 is 45.4. The summed E-state index contributed by atoms with van der Waals surface area (Å²) in [6.45, 7) is 0.102. The lowest BCUT2D eigenvalue weighted by molar-refractivity contribution is 0.234. The van der Waals surface area contributed by atoms with E-state index in [0.717, 1.165) is 11.7 Å². The fourth-order valence-corrected chi connectivity index (χ4v) is 3.95. The Morgan fingerprint density at radius 3 is 2.88 bits per heavy atom. The Kier molecular flexibility index (Phi) is 7.24. The van der Waals surface area contributed by atoms with E-state index in [1.807, 2.05) is 5.48 Å². The van der Waals surface area contributed by atoms with E-state index in [0.29, 0.717) is 16.5 Å². The van der Waals surface area contributed by atoms with Crippen molar-refractivity contribution < 1.29 is 18.0 Å². The lowest BCUT2D eigenvalue weighted by Crippen LogP contribution is -2.32. The molecular weight excluding hydrogens is 459 g/mol. The third-order valence-corrected chi connectivity index (χ3v) is 5.40. The molecule has 2 aromatic rings. The van der Waals surface area contributed by atoms with Gasteiger partial charge in [0, 0.05) is 12.3 Å². The van der Waals surface area contributed by atoms with Crippen molar-refractivity contribution in [2.45, 2.75) is 5.03 Å². The first kappa shape index (κ1) is 20.2. The van der Waals surface area contributed by atoms with Crippen LogP contribution in [0.15, 0.2) is 32.7 Å². The largest absolute Gasteiger partial charge is 0.290 e. The maximum Gasteiger partial charge on any atom is 0.274 e. The number of halogens is 2. The highest BCUT2D eigenvalue weighted by molar-refractivity contribution is 9.10. The van der Waals surface area contributed by atoms with E-state index in [1.54, 1.807) is 0 Å². The van der Waals surface area contributed by atoms with Gasteiger partial charge in [-0.05, 0) is 34.1 Å². The molecule has 0 saturated carbocycles. The van der Waals surface area contributed by atoms with Gasteiger partial charge in [0.15, 0.2) is 11.5 Å². The number of hydrogen-bond donors (Lipinski definition) is 4. The maximum absolute atomic E-state index is 13.3. The fourth-order valence-electron chi connectivity index (χ4n) is 1.57. The Hall–Kier alpha value is -1.16. The van der Waals surface area contributed by atoms with Crippen LogP contribution in [0.5, 0.6) is 0 Å². The number of benzene rings is 1. The van der Waals surface area contributed by atoms with Gasteiger partial charge in [-0.2, -0.15) is 17.2 Å². The first-order chi connectivity index (χ1) is 11.8. The van der Waals surface area contributed by atoms with E-state index < -0.39 is 16.0 Å². The molecule has 0 fully saturated rings. The van der Waals surface area contributed by atoms with Gasteiger partial charge in [-0.1, -0.05) is 0 Å². The zero-order valence-corrected chi connectivity index (χ0v) is 16.3. The van der Waals surface area contributed by atoms with Crippen LogP contribution in [0.25, 0.3) is 0 Å². The molecule has 0 aliphatic carbocycles. The number of nitrogens with two attached hydrogens (primary N) is 1. The molecule has 0 radical (unpaired) electrons. The highest BCUT2D eigenvalue weighted by Gasteiger charge is 2.15. The quantitative estimate of drug-likeness (QED) is 0.157. The third-order valence-electron chi connectivity index (χ3n) is 2.58. The van der Waals surface area contributed by atoms with Gasteiger partial charge in [-0.3, -0.25) is 10.7 Å². The normalized spacial score (nSPS) is 12.4. The van der Waals surface area contributed by atoms with Crippen molar-refractivity contribution in [3.63, 3.8) is 0 Å². The first-order valence-corrected chi connectivity index (χ1v) is 10.5. The number of thioether (sulfide) groups is 1. The third kappa shape index (κ3) is 6.25. The number of rotatable bonds is 7. The number of nitrogens with one attached hydrogen (secondary N) is 2. The molecule has 2 rings (SSSR count). The van der Waals surface area contributed by atoms with Crippen LogP contribution < -0.4 is 15.3 Å². The van der Waals surface area contributed by atoms with Crippen molar-refractivity contribution in [1.29, 1.82) is 0 Å². The van der Waals surface area contributed by atoms with E-state index in [9.17, 15) is 18.0 Å². The van der Waals surface area contributed by atoms with Crippen LogP contribution in [0.3, 0.4) is 0 Å². The summed E-state index contributed by atoms with van der Waals surface area (Å²) in [4.78, 5) is 4.17. The van der Waals surface area contributed by atoms with Crippen LogP contribution in [0.1, 0.15) is 5.69 Å². The average Bonchev–Trinajstić information content (AvgIpc) is 3.00. The zero-order chi connectivity index (χ0) is 18.4. The molecule has 0 amide bonds. The second kappa shape index (κ2) is 8.98. The Morgan fingerprint density at radius 1 is 1.48 bits per heavy atom. The fraction of sp³-hybridized carbons (Fsp3) is 0.182. The molecule has 1 aromatic heterocycles. The molecule has 0 aliphatic rings. The molecule has 25 heavy (non-hydrogen) atoms. The second-order valence-electron chi connectivity index (χ2n) is 4.38. The smallest absolute Gasteiger partial charge is 0.274 e. The van der Waals surface area contributed by atoms with Gasteiger partial charge in [0.05, 0.1) is 21.9 Å². The van der Waals surface area contributed by atoms with Crippen LogP contribution in [0, 0.1) is 5.82 Å². The van der Waals surface area contributed by atoms with Gasteiger partial charge in [-0.25, -0.2) is 19.2 Å². The topological polar surface area (TPSA) is 143 Å². The van der Waals surface area contributed by atoms with E-state index in [2.05, 4.69) is 34.4 Å². The minimum Gasteiger partial charge on any atom is -0.290 e. The minimum atomic E-state index is -3.75. The maximum atomic E-state index is 13.3. The molecule has 5 N–H and O–H groups in total. The van der Waals surface area contributed by atoms with Crippen molar-refractivity contribution >= 4 is 61.2 Å². The zero-order valence-electron chi connectivity index (χ0n) is 12.3. The van der Waals surface area contributed by atoms with Crippen molar-refractivity contribution in [2.75, 3.05) is 12.3 Å². The SMILES string of the molecule is NS(=O)(=O)NCCSc1nsnc1C(=Nc1ccc(F)c(Br)c1)NO. The van der Waals surface area contributed by atoms with Crippen molar-refractivity contribution in [1.82, 2.24) is 18.9 Å². The predicted octanol–water partition coefficient (Wildman–Crippen LogP) is 1.38. The van der Waals surface area contributed by atoms with Gasteiger partial charge in [0.1, 0.15) is 10.8 Å². The van der Waals surface area contributed by atoms with Crippen LogP contribution in [-0.2, 0) is 10.2 Å². The Balaban J connectivity index is 2.14. The van der Waals surface area contributed by atoms with Gasteiger partial charge < -0.3 is 0 Å². The van der Waals surface area contributed by atoms with E-state index >= 15 is 0 Å². The van der Waals surface area contributed by atoms with Gasteiger partial charge in [-0.15, -0.1) is 11.8 Å². The van der Waals surface area contributed by atoms with E-state index in [1.165, 1.54) is 30.0 Å². The number of amidine groups is 1. The van der Waals surface area contributed by atoms with Crippen LogP contribution >= 0.6 is 39.4 Å². The molecule has 0 saturated heterocycles. The Bertz CT molecular complexity index is 876. The summed E-state index contributed by atoms with van der Waals surface area (Å²) in [5.74, 6) is -0.0733. The lowest BCUT2D eigenvalue weighted by Gasteiger charge is -2.05. The van der Waals surface area contributed by atoms with E-state index in [-0.39, 0.29) is 22.5 Å². The number of aliphatic imine (C=N–C) groups is 1. The van der Waals surface area contributed by atoms with Crippen LogP contribution in [-0.4, -0.2) is 40.5 Å². The minimum absolute atomic E-state index is 0.0224. The van der Waals surface area contributed by atoms with Crippen LogP contribution in [0.4, 0.5) is 10.1 Å². The number of aromatic nitrogens is 2. The molecule has 9 nitrogen and oxygen atoms in total. The van der Waals surface area contributed by atoms with Crippen molar-refractivity contribution in [2.24, 2.45) is 10.1 Å². The summed E-state index contributed by atoms with van der Waals surface area (Å²) in [5, 5.41) is 14.6. The predicted molar refractivity (Wildman–Crippen MR) is 97.0 cm³/mol. The standard InChI is InChI=1S/C11H12BrFN6O3S3/c12-7-5-6(1-2-8(7)13)16-10(17-20)9-11(19-24-18-9)23-4-3-15-25(14,21)22/h1-2,5,15,20H,3-4H2,(H,16,17)(H2,14,21,22). The Morgan fingerprint density at radius 2 is 2.24 bits per heavy atom. The number of hydrogen-bond acceptors (Lipinski definition) is 8. The molecule has 14 heteroatoms. The number of hydroxylamine groups is 1. The summed E-state index contributed by atoms with van der Waals surface area (Å²) >= 11 is 5.17. The Labute approximate surface area is 159 Å². The van der Waals surface area contributed by atoms with Crippen molar-refractivity contribution in [3.05, 3.63) is 34.2 Å². The summed E-state index contributed by atoms with van der Waals surface area (Å²) in [6, 6.07) is 4.10. The molecule has 1 heterocycles. The molecule has 1 aromatic carbocycles. The molecule has 136 valence electrons. The lowest BCUT2D eigenvalue weighted by atomic mass is 10.3. The summed E-state index contributed by atoms with van der Waals surface area (Å²) in [5.41, 5.74) is 2.61. The van der Waals surface area contributed by atoms with Gasteiger partial charge >= 0.3 is 0 Å². The van der Waals surface area contributed by atoms with Crippen LogP contribution in [0.2, 0.25) is 0 Å².